The Morgan fingerprint density at radius 3 is 2.55 bits per heavy atom. The van der Waals surface area contributed by atoms with Crippen LogP contribution in [-0.4, -0.2) is 52.2 Å². The van der Waals surface area contributed by atoms with Crippen LogP contribution >= 0.6 is 0 Å². The Kier molecular flexibility index (Phi) is 6.92. The number of hydrogen-bond acceptors (Lipinski definition) is 2. The van der Waals surface area contributed by atoms with Crippen molar-refractivity contribution in [2.24, 2.45) is 0 Å². The molecule has 0 aromatic heterocycles. The smallest absolute Gasteiger partial charge is 0.0757 e. The first-order valence-corrected chi connectivity index (χ1v) is 21.3. The highest BCUT2D eigenvalue weighted by Gasteiger charge is 2.28. The van der Waals surface area contributed by atoms with Crippen molar-refractivity contribution in [2.75, 3.05) is 0 Å². The van der Waals surface area contributed by atoms with Gasteiger partial charge in [-0.3, -0.25) is 0 Å². The van der Waals surface area contributed by atoms with Crippen molar-refractivity contribution in [1.29, 1.82) is 0 Å². The van der Waals surface area contributed by atoms with Gasteiger partial charge in [-0.2, -0.15) is 0 Å². The standard InChI is InChI=1S/C14H30N2Si4/c1-12-7-6-8-13(2)16(12)20(17)19-18-15-11-14-9-4-3-5-10-14/h3-5,9-10,12-13,15,20H,6-8,11,18-19H2,1-2,17H3. The molecule has 0 saturated carbocycles. The third-order valence-corrected chi connectivity index (χ3v) is 41.6. The monoisotopic (exact) mass is 338 g/mol. The van der Waals surface area contributed by atoms with E-state index in [1.165, 1.54) is 34.6 Å². The molecular formula is C14H30N2Si4. The van der Waals surface area contributed by atoms with Gasteiger partial charge >= 0.3 is 0 Å². The fourth-order valence-corrected chi connectivity index (χ4v) is 31.6. The maximum absolute atomic E-state index is 3.83. The van der Waals surface area contributed by atoms with E-state index in [4.69, 9.17) is 0 Å². The fraction of sp³-hybridized carbons (Fsp3) is 0.571. The Bertz CT molecular complexity index is 380. The van der Waals surface area contributed by atoms with Gasteiger partial charge in [0, 0.05) is 24.9 Å². The minimum Gasteiger partial charge on any atom is -0.341 e. The lowest BCUT2D eigenvalue weighted by atomic mass is 10.0. The molecule has 2 rings (SSSR count). The molecule has 1 aromatic carbocycles. The highest BCUT2D eigenvalue weighted by Crippen LogP contribution is 2.22. The van der Waals surface area contributed by atoms with E-state index in [0.29, 0.717) is 0 Å². The van der Waals surface area contributed by atoms with Crippen molar-refractivity contribution in [3.05, 3.63) is 35.9 Å². The normalized spacial score (nSPS) is 26.9. The summed E-state index contributed by atoms with van der Waals surface area (Å²) in [5, 5.41) is 0. The van der Waals surface area contributed by atoms with E-state index in [-0.39, 0.29) is 17.8 Å². The van der Waals surface area contributed by atoms with E-state index >= 15 is 0 Å². The van der Waals surface area contributed by atoms with Crippen molar-refractivity contribution < 1.29 is 0 Å². The molecule has 1 N–H and O–H groups in total. The molecule has 1 heterocycles. The molecular weight excluding hydrogens is 309 g/mol. The van der Waals surface area contributed by atoms with Crippen LogP contribution in [0.1, 0.15) is 38.7 Å². The average Bonchev–Trinajstić information content (AvgIpc) is 2.44. The van der Waals surface area contributed by atoms with Gasteiger partial charge in [0.05, 0.1) is 17.2 Å². The van der Waals surface area contributed by atoms with Crippen LogP contribution in [0.3, 0.4) is 0 Å². The van der Waals surface area contributed by atoms with Gasteiger partial charge in [0.15, 0.2) is 0 Å². The Hall–Kier alpha value is 0.00753. The predicted octanol–water partition coefficient (Wildman–Crippen LogP) is -0.711. The molecule has 1 fully saturated rings. The molecule has 3 unspecified atom stereocenters. The maximum atomic E-state index is 3.83. The second-order valence-electron chi connectivity index (χ2n) is 6.38. The summed E-state index contributed by atoms with van der Waals surface area (Å²) < 4.78 is 3.03. The third kappa shape index (κ3) is 4.78. The zero-order valence-electron chi connectivity index (χ0n) is 13.3. The number of nitrogens with zero attached hydrogens (tertiary/aromatic N) is 1. The largest absolute Gasteiger partial charge is 0.341 e. The Morgan fingerprint density at radius 2 is 1.90 bits per heavy atom. The fourth-order valence-electron chi connectivity index (χ4n) is 3.60. The zero-order chi connectivity index (χ0) is 14.4. The van der Waals surface area contributed by atoms with Gasteiger partial charge < -0.3 is 9.55 Å². The van der Waals surface area contributed by atoms with E-state index in [2.05, 4.69) is 53.7 Å². The highest BCUT2D eigenvalue weighted by molar-refractivity contribution is 7.47. The van der Waals surface area contributed by atoms with E-state index in [1.807, 2.05) is 0 Å². The summed E-state index contributed by atoms with van der Waals surface area (Å²) in [6.07, 6.45) is 4.39. The Morgan fingerprint density at radius 1 is 1.25 bits per heavy atom. The molecule has 2 nitrogen and oxygen atoms in total. The summed E-state index contributed by atoms with van der Waals surface area (Å²) in [5.41, 5.74) is 1.46. The highest BCUT2D eigenvalue weighted by atomic mass is 29.7. The second-order valence-corrected chi connectivity index (χ2v) is 31.1. The molecule has 20 heavy (non-hydrogen) atoms. The predicted molar refractivity (Wildman–Crippen MR) is 102 cm³/mol. The van der Waals surface area contributed by atoms with Crippen LogP contribution in [-0.2, 0) is 6.54 Å². The molecule has 112 valence electrons. The molecule has 1 aliphatic rings. The molecule has 6 heteroatoms. The maximum Gasteiger partial charge on any atom is 0.0757 e. The van der Waals surface area contributed by atoms with Crippen molar-refractivity contribution in [3.63, 3.8) is 0 Å². The zero-order valence-corrected chi connectivity index (χ0v) is 19.3. The van der Waals surface area contributed by atoms with E-state index in [9.17, 15) is 0 Å². The molecule has 1 saturated heterocycles. The topological polar surface area (TPSA) is 15.3 Å². The SMILES string of the molecule is CC1CCCC(C)N1[SiH]([SiH3])[SiH2][SiH2]NCc1ccccc1. The third-order valence-electron chi connectivity index (χ3n) is 4.68. The summed E-state index contributed by atoms with van der Waals surface area (Å²) in [4.78, 5) is 3.83. The molecule has 0 bridgehead atoms. The Balaban J connectivity index is 1.70. The van der Waals surface area contributed by atoms with Gasteiger partial charge in [-0.25, -0.2) is 0 Å². The van der Waals surface area contributed by atoms with E-state index < -0.39 is 7.99 Å². The van der Waals surface area contributed by atoms with Crippen LogP contribution in [0.4, 0.5) is 0 Å². The molecule has 0 radical (unpaired) electrons. The molecule has 0 spiro atoms. The summed E-state index contributed by atoms with van der Waals surface area (Å²) in [5.74, 6) is 0. The average molecular weight is 339 g/mol. The minimum atomic E-state index is -0.414. The van der Waals surface area contributed by atoms with Crippen LogP contribution in [0.5, 0.6) is 0 Å². The molecule has 1 aromatic rings. The lowest BCUT2D eigenvalue weighted by molar-refractivity contribution is 0.207. The van der Waals surface area contributed by atoms with Crippen molar-refractivity contribution in [3.8, 4) is 0 Å². The second kappa shape index (κ2) is 8.45. The summed E-state index contributed by atoms with van der Waals surface area (Å²) >= 11 is 0. The van der Waals surface area contributed by atoms with Gasteiger partial charge in [-0.05, 0) is 30.5 Å². The van der Waals surface area contributed by atoms with E-state index in [1.54, 1.807) is 0 Å². The number of benzene rings is 1. The van der Waals surface area contributed by atoms with Crippen molar-refractivity contribution >= 4 is 35.5 Å². The van der Waals surface area contributed by atoms with Crippen molar-refractivity contribution in [1.82, 2.24) is 9.55 Å². The van der Waals surface area contributed by atoms with Crippen molar-refractivity contribution in [2.45, 2.75) is 51.7 Å². The van der Waals surface area contributed by atoms with Gasteiger partial charge in [-0.1, -0.05) is 50.6 Å². The number of rotatable bonds is 6. The van der Waals surface area contributed by atoms with Gasteiger partial charge in [0.25, 0.3) is 0 Å². The summed E-state index contributed by atoms with van der Waals surface area (Å²) in [7, 11) is 1.44. The Labute approximate surface area is 132 Å². The van der Waals surface area contributed by atoms with Gasteiger partial charge in [0.2, 0.25) is 0 Å². The van der Waals surface area contributed by atoms with Crippen LogP contribution in [0.25, 0.3) is 0 Å². The lowest BCUT2D eigenvalue weighted by Crippen LogP contribution is -2.58. The van der Waals surface area contributed by atoms with Crippen LogP contribution in [0, 0.1) is 0 Å². The van der Waals surface area contributed by atoms with Crippen LogP contribution < -0.4 is 4.98 Å². The number of nitrogens with one attached hydrogen (secondary N) is 1. The van der Waals surface area contributed by atoms with E-state index in [0.717, 1.165) is 18.6 Å². The molecule has 3 atom stereocenters. The van der Waals surface area contributed by atoms with Crippen LogP contribution in [0.15, 0.2) is 30.3 Å². The summed E-state index contributed by atoms with van der Waals surface area (Å²) in [6.45, 7) is 6.09. The lowest BCUT2D eigenvalue weighted by Gasteiger charge is -2.43. The first kappa shape index (κ1) is 16.4. The van der Waals surface area contributed by atoms with Gasteiger partial charge in [0.1, 0.15) is 0 Å². The first-order valence-electron chi connectivity index (χ1n) is 8.20. The van der Waals surface area contributed by atoms with Crippen LogP contribution in [0.2, 0.25) is 0 Å². The molecule has 0 amide bonds. The summed E-state index contributed by atoms with van der Waals surface area (Å²) in [6, 6.07) is 12.7. The minimum absolute atomic E-state index is 0.0734. The number of hydrogen-bond donors (Lipinski definition) is 1. The molecule has 1 aliphatic heterocycles. The molecule has 0 aliphatic carbocycles. The number of piperidine rings is 1. The first-order chi connectivity index (χ1) is 9.68. The quantitative estimate of drug-likeness (QED) is 0.544. The van der Waals surface area contributed by atoms with Gasteiger partial charge in [-0.15, -0.1) is 0 Å².